The van der Waals surface area contributed by atoms with E-state index in [9.17, 15) is 14.4 Å². The minimum atomic E-state index is -0.945. The fourth-order valence-electron chi connectivity index (χ4n) is 4.40. The second-order valence-corrected chi connectivity index (χ2v) is 8.99. The van der Waals surface area contributed by atoms with Crippen molar-refractivity contribution in [1.82, 2.24) is 10.6 Å². The molecule has 7 heteroatoms. The highest BCUT2D eigenvalue weighted by molar-refractivity contribution is 5.81. The summed E-state index contributed by atoms with van der Waals surface area (Å²) in [4.78, 5) is 36.3. The van der Waals surface area contributed by atoms with Crippen LogP contribution in [0, 0.1) is 5.92 Å². The summed E-state index contributed by atoms with van der Waals surface area (Å²) in [6.45, 7) is 5.67. The van der Waals surface area contributed by atoms with E-state index in [-0.39, 0.29) is 24.9 Å². The number of carboxylic acids is 1. The molecule has 0 spiro atoms. The molecule has 3 N–H and O–H groups in total. The van der Waals surface area contributed by atoms with Gasteiger partial charge < -0.3 is 20.5 Å². The van der Waals surface area contributed by atoms with Crippen LogP contribution in [0.5, 0.6) is 0 Å². The van der Waals surface area contributed by atoms with E-state index in [1.54, 1.807) is 13.8 Å². The highest BCUT2D eigenvalue weighted by atomic mass is 16.5. The number of alkyl carbamates (subject to hydrolysis) is 1. The zero-order valence-corrected chi connectivity index (χ0v) is 20.0. The van der Waals surface area contributed by atoms with Gasteiger partial charge in [0.25, 0.3) is 0 Å². The third kappa shape index (κ3) is 6.16. The molecule has 0 bridgehead atoms. The quantitative estimate of drug-likeness (QED) is 0.445. The van der Waals surface area contributed by atoms with Crippen LogP contribution in [0.25, 0.3) is 11.1 Å². The summed E-state index contributed by atoms with van der Waals surface area (Å²) < 4.78 is 5.57. The Morgan fingerprint density at radius 3 is 2.12 bits per heavy atom. The number of fused-ring (bicyclic) bond motifs is 3. The Labute approximate surface area is 200 Å². The Morgan fingerprint density at radius 2 is 1.56 bits per heavy atom. The van der Waals surface area contributed by atoms with Crippen LogP contribution in [-0.4, -0.2) is 41.8 Å². The van der Waals surface area contributed by atoms with Crippen LogP contribution in [0.1, 0.15) is 63.5 Å². The van der Waals surface area contributed by atoms with Gasteiger partial charge in [0, 0.05) is 18.0 Å². The molecule has 3 atom stereocenters. The summed E-state index contributed by atoms with van der Waals surface area (Å²) in [5, 5.41) is 14.7. The van der Waals surface area contributed by atoms with E-state index in [0.29, 0.717) is 6.42 Å². The number of carbonyl (C=O) groups is 3. The number of aliphatic carboxylic acids is 1. The average molecular weight is 467 g/mol. The molecule has 7 nitrogen and oxygen atoms in total. The van der Waals surface area contributed by atoms with Gasteiger partial charge in [-0.1, -0.05) is 75.2 Å². The Bertz CT molecular complexity index is 976. The molecule has 1 aliphatic carbocycles. The fourth-order valence-corrected chi connectivity index (χ4v) is 4.40. The average Bonchev–Trinajstić information content (AvgIpc) is 3.14. The van der Waals surface area contributed by atoms with Crippen LogP contribution in [-0.2, 0) is 14.3 Å². The second-order valence-electron chi connectivity index (χ2n) is 8.99. The van der Waals surface area contributed by atoms with E-state index in [2.05, 4.69) is 34.9 Å². The van der Waals surface area contributed by atoms with Crippen molar-refractivity contribution in [2.75, 3.05) is 6.61 Å². The molecule has 34 heavy (non-hydrogen) atoms. The lowest BCUT2D eigenvalue weighted by Gasteiger charge is -2.24. The summed E-state index contributed by atoms with van der Waals surface area (Å²) in [5.74, 6) is -1.81. The normalized spacial score (nSPS) is 14.9. The first-order valence-electron chi connectivity index (χ1n) is 12.0. The Kier molecular flexibility index (Phi) is 8.68. The number of amides is 2. The van der Waals surface area contributed by atoms with Crippen LogP contribution in [0.4, 0.5) is 4.79 Å². The van der Waals surface area contributed by atoms with E-state index in [1.807, 2.05) is 31.2 Å². The van der Waals surface area contributed by atoms with Gasteiger partial charge in [-0.2, -0.15) is 0 Å². The van der Waals surface area contributed by atoms with Crippen molar-refractivity contribution < 1.29 is 24.2 Å². The maximum absolute atomic E-state index is 12.7. The van der Waals surface area contributed by atoms with E-state index in [0.717, 1.165) is 35.1 Å². The number of carboxylic acid groups (broad SMARTS) is 1. The number of hydrogen-bond donors (Lipinski definition) is 3. The Morgan fingerprint density at radius 1 is 0.971 bits per heavy atom. The standard InChI is InChI=1S/C27H34N2O5/c1-4-5-10-19(15-25(30)31)29-26(32)17(2)18(3)28-27(33)34-16-24-22-13-8-6-11-20(22)21-12-7-9-14-23(21)24/h6-9,11-14,17-19,24H,4-5,10,15-16H2,1-3H3,(H,28,33)(H,29,32)(H,30,31)/t17?,18?,19-/m1/s1. The molecule has 0 aliphatic heterocycles. The van der Waals surface area contributed by atoms with Gasteiger partial charge in [-0.3, -0.25) is 9.59 Å². The zero-order chi connectivity index (χ0) is 24.7. The van der Waals surface area contributed by atoms with Crippen LogP contribution in [0.2, 0.25) is 0 Å². The van der Waals surface area contributed by atoms with Crippen LogP contribution >= 0.6 is 0 Å². The summed E-state index contributed by atoms with van der Waals surface area (Å²) in [7, 11) is 0. The lowest BCUT2D eigenvalue weighted by molar-refractivity contribution is -0.137. The molecule has 0 aromatic heterocycles. The number of hydrogen-bond acceptors (Lipinski definition) is 4. The third-order valence-corrected chi connectivity index (χ3v) is 6.53. The number of unbranched alkanes of at least 4 members (excludes halogenated alkanes) is 1. The van der Waals surface area contributed by atoms with E-state index < -0.39 is 30.1 Å². The molecule has 0 saturated heterocycles. The topological polar surface area (TPSA) is 105 Å². The fraction of sp³-hybridized carbons (Fsp3) is 0.444. The predicted octanol–water partition coefficient (Wildman–Crippen LogP) is 4.70. The first kappa shape index (κ1) is 25.3. The first-order chi connectivity index (χ1) is 16.3. The van der Waals surface area contributed by atoms with Crippen molar-refractivity contribution in [2.24, 2.45) is 5.92 Å². The number of nitrogens with one attached hydrogen (secondary N) is 2. The molecule has 0 heterocycles. The van der Waals surface area contributed by atoms with Crippen molar-refractivity contribution in [1.29, 1.82) is 0 Å². The smallest absolute Gasteiger partial charge is 0.407 e. The van der Waals surface area contributed by atoms with Gasteiger partial charge >= 0.3 is 12.1 Å². The monoisotopic (exact) mass is 466 g/mol. The highest BCUT2D eigenvalue weighted by Crippen LogP contribution is 2.44. The van der Waals surface area contributed by atoms with Gasteiger partial charge in [0.2, 0.25) is 5.91 Å². The van der Waals surface area contributed by atoms with Crippen LogP contribution in [0.15, 0.2) is 48.5 Å². The Balaban J connectivity index is 1.54. The van der Waals surface area contributed by atoms with E-state index >= 15 is 0 Å². The molecule has 182 valence electrons. The summed E-state index contributed by atoms with van der Waals surface area (Å²) in [5.41, 5.74) is 4.58. The first-order valence-corrected chi connectivity index (χ1v) is 12.0. The summed E-state index contributed by atoms with van der Waals surface area (Å²) >= 11 is 0. The maximum atomic E-state index is 12.7. The highest BCUT2D eigenvalue weighted by Gasteiger charge is 2.30. The summed E-state index contributed by atoms with van der Waals surface area (Å²) in [6.07, 6.45) is 1.66. The predicted molar refractivity (Wildman–Crippen MR) is 131 cm³/mol. The lowest BCUT2D eigenvalue weighted by atomic mass is 9.98. The minimum absolute atomic E-state index is 0.0375. The molecule has 2 aromatic carbocycles. The van der Waals surface area contributed by atoms with E-state index in [4.69, 9.17) is 9.84 Å². The molecule has 2 amide bonds. The number of rotatable bonds is 11. The van der Waals surface area contributed by atoms with Crippen LogP contribution < -0.4 is 10.6 Å². The van der Waals surface area contributed by atoms with Crippen molar-refractivity contribution in [2.45, 2.75) is 64.5 Å². The number of carbonyl (C=O) groups excluding carboxylic acids is 2. The molecule has 2 unspecified atom stereocenters. The molecule has 0 radical (unpaired) electrons. The van der Waals surface area contributed by atoms with Gasteiger partial charge in [-0.05, 0) is 35.6 Å². The largest absolute Gasteiger partial charge is 0.481 e. The van der Waals surface area contributed by atoms with Gasteiger partial charge in [-0.25, -0.2) is 4.79 Å². The molecule has 0 fully saturated rings. The maximum Gasteiger partial charge on any atom is 0.407 e. The second kappa shape index (κ2) is 11.7. The van der Waals surface area contributed by atoms with Crippen molar-refractivity contribution in [3.8, 4) is 11.1 Å². The lowest BCUT2D eigenvalue weighted by Crippen LogP contribution is -2.47. The molecule has 2 aromatic rings. The SMILES string of the molecule is CCCC[C@H](CC(=O)O)NC(=O)C(C)C(C)NC(=O)OCC1c2ccccc2-c2ccccc21. The zero-order valence-electron chi connectivity index (χ0n) is 20.0. The van der Waals surface area contributed by atoms with E-state index in [1.165, 1.54) is 0 Å². The van der Waals surface area contributed by atoms with Crippen molar-refractivity contribution >= 4 is 18.0 Å². The van der Waals surface area contributed by atoms with Crippen LogP contribution in [0.3, 0.4) is 0 Å². The van der Waals surface area contributed by atoms with Crippen molar-refractivity contribution in [3.05, 3.63) is 59.7 Å². The van der Waals surface area contributed by atoms with Gasteiger partial charge in [0.1, 0.15) is 6.61 Å². The molecule has 0 saturated carbocycles. The van der Waals surface area contributed by atoms with Gasteiger partial charge in [-0.15, -0.1) is 0 Å². The van der Waals surface area contributed by atoms with Gasteiger partial charge in [0.05, 0.1) is 12.3 Å². The molecular formula is C27H34N2O5. The summed E-state index contributed by atoms with van der Waals surface area (Å²) in [6, 6.07) is 15.3. The number of ether oxygens (including phenoxy) is 1. The molecule has 1 aliphatic rings. The van der Waals surface area contributed by atoms with Gasteiger partial charge in [0.15, 0.2) is 0 Å². The minimum Gasteiger partial charge on any atom is -0.481 e. The number of benzene rings is 2. The Hall–Kier alpha value is -3.35. The third-order valence-electron chi connectivity index (χ3n) is 6.53. The molecular weight excluding hydrogens is 432 g/mol. The van der Waals surface area contributed by atoms with Crippen molar-refractivity contribution in [3.63, 3.8) is 0 Å². The molecule has 3 rings (SSSR count).